The summed E-state index contributed by atoms with van der Waals surface area (Å²) in [5.41, 5.74) is 1.97. The van der Waals surface area contributed by atoms with Gasteiger partial charge in [0.2, 0.25) is 11.8 Å². The van der Waals surface area contributed by atoms with Gasteiger partial charge in [-0.2, -0.15) is 0 Å². The van der Waals surface area contributed by atoms with E-state index in [2.05, 4.69) is 15.2 Å². The summed E-state index contributed by atoms with van der Waals surface area (Å²) in [4.78, 5) is 6.15. The molecule has 3 aromatic rings. The summed E-state index contributed by atoms with van der Waals surface area (Å²) in [7, 11) is 0. The molecule has 0 atom stereocenters. The van der Waals surface area contributed by atoms with Gasteiger partial charge < -0.3 is 9.52 Å². The lowest BCUT2D eigenvalue weighted by Crippen LogP contribution is -2.26. The Morgan fingerprint density at radius 2 is 1.87 bits per heavy atom. The van der Waals surface area contributed by atoms with Crippen LogP contribution in [0.4, 0.5) is 0 Å². The minimum absolute atomic E-state index is 0.0694. The number of hydrogen-bond acceptors (Lipinski definition) is 6. The highest BCUT2D eigenvalue weighted by Gasteiger charge is 2.13. The second-order valence-electron chi connectivity index (χ2n) is 5.16. The normalized spacial score (nSPS) is 11.0. The third-order valence-corrected chi connectivity index (χ3v) is 3.39. The predicted molar refractivity (Wildman–Crippen MR) is 85.2 cm³/mol. The van der Waals surface area contributed by atoms with Gasteiger partial charge in [-0.25, -0.2) is 0 Å². The highest BCUT2D eigenvalue weighted by molar-refractivity contribution is 5.51. The number of aromatic nitrogens is 3. The van der Waals surface area contributed by atoms with E-state index >= 15 is 0 Å². The highest BCUT2D eigenvalue weighted by Crippen LogP contribution is 2.18. The maximum atomic E-state index is 9.25. The zero-order valence-electron chi connectivity index (χ0n) is 12.7. The van der Waals surface area contributed by atoms with Crippen LogP contribution in [0.25, 0.3) is 11.5 Å². The SMILES string of the molecule is OCCN(Cc1cccnc1)Cc1nnc(-c2ccccc2)o1. The molecule has 0 aliphatic rings. The molecule has 0 unspecified atom stereocenters. The summed E-state index contributed by atoms with van der Waals surface area (Å²) in [5.74, 6) is 1.03. The molecule has 0 aliphatic heterocycles. The Bertz CT molecular complexity index is 716. The second-order valence-corrected chi connectivity index (χ2v) is 5.16. The molecule has 1 aromatic carbocycles. The Balaban J connectivity index is 1.69. The summed E-state index contributed by atoms with van der Waals surface area (Å²) in [6.45, 7) is 1.74. The third kappa shape index (κ3) is 4.21. The van der Waals surface area contributed by atoms with Crippen molar-refractivity contribution >= 4 is 0 Å². The third-order valence-electron chi connectivity index (χ3n) is 3.39. The van der Waals surface area contributed by atoms with Crippen LogP contribution in [0.15, 0.2) is 59.3 Å². The van der Waals surface area contributed by atoms with Crippen LogP contribution in [0.1, 0.15) is 11.5 Å². The Labute approximate surface area is 134 Å². The number of nitrogens with zero attached hydrogens (tertiary/aromatic N) is 4. The Morgan fingerprint density at radius 3 is 2.61 bits per heavy atom. The van der Waals surface area contributed by atoms with Crippen LogP contribution in [-0.4, -0.2) is 38.3 Å². The van der Waals surface area contributed by atoms with Gasteiger partial charge in [0.05, 0.1) is 13.2 Å². The fourth-order valence-electron chi connectivity index (χ4n) is 2.31. The molecule has 23 heavy (non-hydrogen) atoms. The van der Waals surface area contributed by atoms with Gasteiger partial charge in [0, 0.05) is 31.0 Å². The van der Waals surface area contributed by atoms with Gasteiger partial charge in [-0.1, -0.05) is 24.3 Å². The molecule has 0 saturated carbocycles. The van der Waals surface area contributed by atoms with Crippen LogP contribution >= 0.6 is 0 Å². The molecule has 118 valence electrons. The molecule has 6 nitrogen and oxygen atoms in total. The summed E-state index contributed by atoms with van der Waals surface area (Å²) in [6.07, 6.45) is 3.55. The lowest BCUT2D eigenvalue weighted by molar-refractivity contribution is 0.172. The van der Waals surface area contributed by atoms with E-state index in [4.69, 9.17) is 4.42 Å². The van der Waals surface area contributed by atoms with E-state index in [1.807, 2.05) is 53.6 Å². The van der Waals surface area contributed by atoms with Crippen molar-refractivity contribution in [3.8, 4) is 11.5 Å². The summed E-state index contributed by atoms with van der Waals surface area (Å²) in [6, 6.07) is 13.6. The van der Waals surface area contributed by atoms with Crippen LogP contribution < -0.4 is 0 Å². The summed E-state index contributed by atoms with van der Waals surface area (Å²) >= 11 is 0. The van der Waals surface area contributed by atoms with Gasteiger partial charge in [-0.3, -0.25) is 9.88 Å². The smallest absolute Gasteiger partial charge is 0.247 e. The summed E-state index contributed by atoms with van der Waals surface area (Å²) < 4.78 is 5.72. The highest BCUT2D eigenvalue weighted by atomic mass is 16.4. The molecule has 2 aromatic heterocycles. The predicted octanol–water partition coefficient (Wildman–Crippen LogP) is 2.13. The minimum atomic E-state index is 0.0694. The molecule has 2 heterocycles. The van der Waals surface area contributed by atoms with Crippen LogP contribution in [0.2, 0.25) is 0 Å². The first-order valence-corrected chi connectivity index (χ1v) is 7.45. The summed E-state index contributed by atoms with van der Waals surface area (Å²) in [5, 5.41) is 17.4. The number of aliphatic hydroxyl groups is 1. The molecule has 3 rings (SSSR count). The molecule has 0 saturated heterocycles. The average Bonchev–Trinajstić information content (AvgIpc) is 3.05. The lowest BCUT2D eigenvalue weighted by atomic mass is 10.2. The van der Waals surface area contributed by atoms with E-state index in [9.17, 15) is 5.11 Å². The lowest BCUT2D eigenvalue weighted by Gasteiger charge is -2.19. The second kappa shape index (κ2) is 7.62. The number of hydrogen-bond donors (Lipinski definition) is 1. The molecule has 0 fully saturated rings. The molecular formula is C17H18N4O2. The number of aliphatic hydroxyl groups excluding tert-OH is 1. The molecular weight excluding hydrogens is 292 g/mol. The first-order chi connectivity index (χ1) is 11.3. The zero-order chi connectivity index (χ0) is 15.9. The Kier molecular flexibility index (Phi) is 5.08. The van der Waals surface area contributed by atoms with E-state index in [1.54, 1.807) is 6.20 Å². The minimum Gasteiger partial charge on any atom is -0.419 e. The first-order valence-electron chi connectivity index (χ1n) is 7.45. The standard InChI is InChI=1S/C17H18N4O2/c22-10-9-21(12-14-5-4-8-18-11-14)13-16-19-20-17(23-16)15-6-2-1-3-7-15/h1-8,11,22H,9-10,12-13H2. The van der Waals surface area contributed by atoms with Crippen LogP contribution in [-0.2, 0) is 13.1 Å². The van der Waals surface area contributed by atoms with Gasteiger partial charge in [0.1, 0.15) is 0 Å². The van der Waals surface area contributed by atoms with Crippen LogP contribution in [0, 0.1) is 0 Å². The van der Waals surface area contributed by atoms with Crippen LogP contribution in [0.3, 0.4) is 0 Å². The first kappa shape index (κ1) is 15.3. The van der Waals surface area contributed by atoms with Crippen molar-refractivity contribution in [3.63, 3.8) is 0 Å². The van der Waals surface area contributed by atoms with Gasteiger partial charge in [0.15, 0.2) is 0 Å². The Morgan fingerprint density at radius 1 is 1.00 bits per heavy atom. The fraction of sp³-hybridized carbons (Fsp3) is 0.235. The van der Waals surface area contributed by atoms with E-state index in [1.165, 1.54) is 0 Å². The van der Waals surface area contributed by atoms with Crippen molar-refractivity contribution in [1.82, 2.24) is 20.1 Å². The molecule has 0 amide bonds. The van der Waals surface area contributed by atoms with Gasteiger partial charge in [-0.15, -0.1) is 10.2 Å². The van der Waals surface area contributed by atoms with Gasteiger partial charge in [-0.05, 0) is 23.8 Å². The van der Waals surface area contributed by atoms with Crippen molar-refractivity contribution in [2.75, 3.05) is 13.2 Å². The van der Waals surface area contributed by atoms with Crippen molar-refractivity contribution in [1.29, 1.82) is 0 Å². The maximum Gasteiger partial charge on any atom is 0.247 e. The van der Waals surface area contributed by atoms with E-state index in [0.717, 1.165) is 11.1 Å². The molecule has 0 bridgehead atoms. The molecule has 0 aliphatic carbocycles. The van der Waals surface area contributed by atoms with Crippen molar-refractivity contribution in [2.24, 2.45) is 0 Å². The largest absolute Gasteiger partial charge is 0.419 e. The van der Waals surface area contributed by atoms with E-state index < -0.39 is 0 Å². The number of rotatable bonds is 7. The number of pyridine rings is 1. The quantitative estimate of drug-likeness (QED) is 0.720. The van der Waals surface area contributed by atoms with Crippen molar-refractivity contribution in [3.05, 3.63) is 66.3 Å². The van der Waals surface area contributed by atoms with Gasteiger partial charge >= 0.3 is 0 Å². The molecule has 0 radical (unpaired) electrons. The molecule has 0 spiro atoms. The van der Waals surface area contributed by atoms with Crippen molar-refractivity contribution in [2.45, 2.75) is 13.1 Å². The number of benzene rings is 1. The topological polar surface area (TPSA) is 75.3 Å². The molecule has 6 heteroatoms. The Hall–Kier alpha value is -2.57. The van der Waals surface area contributed by atoms with E-state index in [0.29, 0.717) is 31.4 Å². The van der Waals surface area contributed by atoms with Crippen molar-refractivity contribution < 1.29 is 9.52 Å². The molecule has 1 N–H and O–H groups in total. The van der Waals surface area contributed by atoms with Crippen LogP contribution in [0.5, 0.6) is 0 Å². The van der Waals surface area contributed by atoms with Gasteiger partial charge in [0.25, 0.3) is 0 Å². The fourth-order valence-corrected chi connectivity index (χ4v) is 2.31. The zero-order valence-corrected chi connectivity index (χ0v) is 12.7. The monoisotopic (exact) mass is 310 g/mol. The maximum absolute atomic E-state index is 9.25. The van der Waals surface area contributed by atoms with E-state index in [-0.39, 0.29) is 6.61 Å². The average molecular weight is 310 g/mol.